The van der Waals surface area contributed by atoms with Gasteiger partial charge in [-0.25, -0.2) is 0 Å². The summed E-state index contributed by atoms with van der Waals surface area (Å²) in [4.78, 5) is 37.0. The molecule has 0 bridgehead atoms. The maximum Gasteiger partial charge on any atom is 0.325 e. The molecule has 0 aliphatic carbocycles. The minimum Gasteiger partial charge on any atom is -0.454 e. The van der Waals surface area contributed by atoms with Crippen LogP contribution in [0.5, 0.6) is 0 Å². The lowest BCUT2D eigenvalue weighted by molar-refractivity contribution is -0.146. The van der Waals surface area contributed by atoms with E-state index in [1.165, 1.54) is 4.90 Å². The van der Waals surface area contributed by atoms with Crippen LogP contribution >= 0.6 is 15.9 Å². The molecule has 0 saturated carbocycles. The van der Waals surface area contributed by atoms with Gasteiger partial charge in [0.05, 0.1) is 0 Å². The number of para-hydroxylation sites is 1. The first-order chi connectivity index (χ1) is 12.0. The number of amides is 2. The second-order valence-electron chi connectivity index (χ2n) is 5.14. The molecule has 0 heterocycles. The topological polar surface area (TPSA) is 75.7 Å². The fourth-order valence-electron chi connectivity index (χ4n) is 1.94. The first-order valence-electron chi connectivity index (χ1n) is 7.48. The van der Waals surface area contributed by atoms with Gasteiger partial charge >= 0.3 is 5.97 Å². The summed E-state index contributed by atoms with van der Waals surface area (Å²) in [6.45, 7) is -0.699. The number of anilines is 1. The number of benzene rings is 2. The van der Waals surface area contributed by atoms with Gasteiger partial charge in [0.1, 0.15) is 6.54 Å². The van der Waals surface area contributed by atoms with Crippen LogP contribution in [0.1, 0.15) is 10.4 Å². The number of carbonyl (C=O) groups excluding carboxylic acids is 3. The number of nitrogens with zero attached hydrogens (tertiary/aromatic N) is 1. The normalized spacial score (nSPS) is 10.0. The predicted octanol–water partition coefficient (Wildman–Crippen LogP) is 2.39. The van der Waals surface area contributed by atoms with E-state index in [1.807, 2.05) is 18.2 Å². The molecule has 25 heavy (non-hydrogen) atoms. The summed E-state index contributed by atoms with van der Waals surface area (Å²) in [6.07, 6.45) is 0. The Morgan fingerprint density at radius 3 is 2.32 bits per heavy atom. The van der Waals surface area contributed by atoms with Gasteiger partial charge < -0.3 is 15.0 Å². The molecule has 0 radical (unpaired) electrons. The molecule has 0 spiro atoms. The maximum absolute atomic E-state index is 12.0. The molecule has 0 aliphatic rings. The zero-order valence-electron chi connectivity index (χ0n) is 13.6. The highest BCUT2D eigenvalue weighted by molar-refractivity contribution is 9.10. The van der Waals surface area contributed by atoms with Crippen LogP contribution in [0.4, 0.5) is 5.69 Å². The van der Waals surface area contributed by atoms with E-state index in [-0.39, 0.29) is 12.5 Å². The number of likely N-dealkylation sites (N-methyl/N-ethyl adjacent to an activating group) is 1. The van der Waals surface area contributed by atoms with Gasteiger partial charge in [-0.15, -0.1) is 0 Å². The van der Waals surface area contributed by atoms with Crippen LogP contribution in [0.2, 0.25) is 0 Å². The molecule has 2 aromatic carbocycles. The molecule has 0 atom stereocenters. The summed E-state index contributed by atoms with van der Waals surface area (Å²) in [5, 5.41) is 2.45. The number of hydrogen-bond acceptors (Lipinski definition) is 4. The monoisotopic (exact) mass is 404 g/mol. The fourth-order valence-corrected chi connectivity index (χ4v) is 2.21. The summed E-state index contributed by atoms with van der Waals surface area (Å²) in [5.74, 6) is -1.43. The van der Waals surface area contributed by atoms with Crippen molar-refractivity contribution in [1.29, 1.82) is 0 Å². The third-order valence-electron chi connectivity index (χ3n) is 3.37. The first kappa shape index (κ1) is 18.7. The third-order valence-corrected chi connectivity index (χ3v) is 3.90. The van der Waals surface area contributed by atoms with E-state index in [4.69, 9.17) is 4.74 Å². The molecular formula is C18H17BrN2O4. The number of halogens is 1. The van der Waals surface area contributed by atoms with Gasteiger partial charge in [0.2, 0.25) is 0 Å². The van der Waals surface area contributed by atoms with Crippen molar-refractivity contribution < 1.29 is 19.1 Å². The Hall–Kier alpha value is -2.67. The summed E-state index contributed by atoms with van der Waals surface area (Å²) in [7, 11) is 1.60. The highest BCUT2D eigenvalue weighted by atomic mass is 79.9. The van der Waals surface area contributed by atoms with Crippen molar-refractivity contribution in [1.82, 2.24) is 5.32 Å². The number of ether oxygens (including phenoxy) is 1. The average Bonchev–Trinajstić information content (AvgIpc) is 2.64. The van der Waals surface area contributed by atoms with Crippen molar-refractivity contribution in [3.8, 4) is 0 Å². The zero-order valence-corrected chi connectivity index (χ0v) is 15.2. The molecule has 6 nitrogen and oxygen atoms in total. The van der Waals surface area contributed by atoms with Crippen molar-refractivity contribution in [3.05, 3.63) is 64.6 Å². The van der Waals surface area contributed by atoms with E-state index < -0.39 is 18.5 Å². The Kier molecular flexibility index (Phi) is 6.71. The molecule has 2 aromatic rings. The minimum atomic E-state index is -0.680. The van der Waals surface area contributed by atoms with Gasteiger partial charge in [-0.3, -0.25) is 14.4 Å². The van der Waals surface area contributed by atoms with E-state index in [0.717, 1.165) is 4.47 Å². The fraction of sp³-hybridized carbons (Fsp3) is 0.167. The van der Waals surface area contributed by atoms with Crippen molar-refractivity contribution in [2.75, 3.05) is 25.1 Å². The molecule has 130 valence electrons. The summed E-state index contributed by atoms with van der Waals surface area (Å²) >= 11 is 3.28. The van der Waals surface area contributed by atoms with Gasteiger partial charge in [-0.05, 0) is 36.4 Å². The number of nitrogens with one attached hydrogen (secondary N) is 1. The van der Waals surface area contributed by atoms with Crippen molar-refractivity contribution in [2.45, 2.75) is 0 Å². The lowest BCUT2D eigenvalue weighted by Crippen LogP contribution is -2.34. The summed E-state index contributed by atoms with van der Waals surface area (Å²) < 4.78 is 5.75. The van der Waals surface area contributed by atoms with Crippen LogP contribution in [0.3, 0.4) is 0 Å². The Labute approximate surface area is 153 Å². The number of rotatable bonds is 6. The highest BCUT2D eigenvalue weighted by Crippen LogP contribution is 2.11. The second kappa shape index (κ2) is 8.98. The molecule has 0 fully saturated rings. The smallest absolute Gasteiger partial charge is 0.325 e. The van der Waals surface area contributed by atoms with Gasteiger partial charge in [0.25, 0.3) is 11.8 Å². The molecule has 1 N–H and O–H groups in total. The summed E-state index contributed by atoms with van der Waals surface area (Å²) in [6, 6.07) is 15.7. The van der Waals surface area contributed by atoms with E-state index >= 15 is 0 Å². The highest BCUT2D eigenvalue weighted by Gasteiger charge is 2.14. The number of hydrogen-bond donors (Lipinski definition) is 1. The SMILES string of the molecule is CN(C(=O)COC(=O)CNC(=O)c1ccc(Br)cc1)c1ccccc1. The van der Waals surface area contributed by atoms with Crippen LogP contribution in [0.15, 0.2) is 59.1 Å². The number of esters is 1. The van der Waals surface area contributed by atoms with E-state index in [2.05, 4.69) is 21.2 Å². The van der Waals surface area contributed by atoms with Gasteiger partial charge in [-0.1, -0.05) is 34.1 Å². The lowest BCUT2D eigenvalue weighted by atomic mass is 10.2. The maximum atomic E-state index is 12.0. The zero-order chi connectivity index (χ0) is 18.2. The predicted molar refractivity (Wildman–Crippen MR) is 97.3 cm³/mol. The third kappa shape index (κ3) is 5.72. The molecule has 0 aliphatic heterocycles. The molecular weight excluding hydrogens is 388 g/mol. The quantitative estimate of drug-likeness (QED) is 0.749. The Morgan fingerprint density at radius 2 is 1.68 bits per heavy atom. The first-order valence-corrected chi connectivity index (χ1v) is 8.27. The van der Waals surface area contributed by atoms with Gasteiger partial charge in [0.15, 0.2) is 6.61 Å². The van der Waals surface area contributed by atoms with Gasteiger partial charge in [0, 0.05) is 22.8 Å². The van der Waals surface area contributed by atoms with Gasteiger partial charge in [-0.2, -0.15) is 0 Å². The minimum absolute atomic E-state index is 0.308. The van der Waals surface area contributed by atoms with Crippen LogP contribution in [-0.4, -0.2) is 38.0 Å². The second-order valence-corrected chi connectivity index (χ2v) is 6.05. The van der Waals surface area contributed by atoms with Crippen molar-refractivity contribution >= 4 is 39.4 Å². The molecule has 2 amide bonds. The summed E-state index contributed by atoms with van der Waals surface area (Å²) in [5.41, 5.74) is 1.13. The average molecular weight is 405 g/mol. The van der Waals surface area contributed by atoms with Crippen LogP contribution in [0, 0.1) is 0 Å². The van der Waals surface area contributed by atoms with Crippen molar-refractivity contribution in [2.24, 2.45) is 0 Å². The van der Waals surface area contributed by atoms with Crippen molar-refractivity contribution in [3.63, 3.8) is 0 Å². The molecule has 7 heteroatoms. The van der Waals surface area contributed by atoms with Crippen LogP contribution in [-0.2, 0) is 14.3 Å². The largest absolute Gasteiger partial charge is 0.454 e. The Balaban J connectivity index is 1.76. The van der Waals surface area contributed by atoms with E-state index in [9.17, 15) is 14.4 Å². The number of carbonyl (C=O) groups is 3. The van der Waals surface area contributed by atoms with E-state index in [0.29, 0.717) is 11.3 Å². The molecule has 0 saturated heterocycles. The Bertz CT molecular complexity index is 747. The Morgan fingerprint density at radius 1 is 1.04 bits per heavy atom. The standard InChI is InChI=1S/C18H17BrN2O4/c1-21(15-5-3-2-4-6-15)16(22)12-25-17(23)11-20-18(24)13-7-9-14(19)10-8-13/h2-10H,11-12H2,1H3,(H,20,24). The van der Waals surface area contributed by atoms with Crippen LogP contribution < -0.4 is 10.2 Å². The molecule has 0 aromatic heterocycles. The lowest BCUT2D eigenvalue weighted by Gasteiger charge is -2.17. The molecule has 2 rings (SSSR count). The van der Waals surface area contributed by atoms with E-state index in [1.54, 1.807) is 43.4 Å². The molecule has 0 unspecified atom stereocenters. The van der Waals surface area contributed by atoms with Crippen LogP contribution in [0.25, 0.3) is 0 Å².